The largest absolute Gasteiger partial charge is 0.271 e. The summed E-state index contributed by atoms with van der Waals surface area (Å²) >= 11 is 8.60. The van der Waals surface area contributed by atoms with Crippen LogP contribution < -0.4 is 11.3 Å². The highest BCUT2D eigenvalue weighted by Crippen LogP contribution is 2.36. The smallest absolute Gasteiger partial charge is 0.123 e. The predicted octanol–water partition coefficient (Wildman–Crippen LogP) is 4.47. The Hall–Kier alpha value is -0.270. The van der Waals surface area contributed by atoms with Crippen LogP contribution in [0.15, 0.2) is 31.8 Å². The lowest BCUT2D eigenvalue weighted by molar-refractivity contribution is 0.549. The van der Waals surface area contributed by atoms with Crippen LogP contribution in [0.5, 0.6) is 0 Å². The second kappa shape index (κ2) is 6.45. The zero-order valence-electron chi connectivity index (χ0n) is 10.2. The second-order valence-electron chi connectivity index (χ2n) is 4.27. The van der Waals surface area contributed by atoms with Gasteiger partial charge in [0.25, 0.3) is 0 Å². The van der Waals surface area contributed by atoms with Gasteiger partial charge in [-0.25, -0.2) is 4.39 Å². The highest BCUT2D eigenvalue weighted by molar-refractivity contribution is 9.12. The first-order valence-corrected chi connectivity index (χ1v) is 8.07. The molecular formula is C13H13Br2FN2S. The summed E-state index contributed by atoms with van der Waals surface area (Å²) in [6.45, 7) is 1.91. The maximum atomic E-state index is 13.1. The lowest BCUT2D eigenvalue weighted by atomic mass is 9.98. The van der Waals surface area contributed by atoms with Crippen molar-refractivity contribution >= 4 is 43.2 Å². The van der Waals surface area contributed by atoms with Gasteiger partial charge in [-0.05, 0) is 80.1 Å². The fourth-order valence-electron chi connectivity index (χ4n) is 1.96. The summed E-state index contributed by atoms with van der Waals surface area (Å²) in [5.41, 5.74) is 5.94. The van der Waals surface area contributed by atoms with Gasteiger partial charge in [-0.2, -0.15) is 0 Å². The molecule has 6 heteroatoms. The number of thiophene rings is 1. The molecule has 0 radical (unpaired) electrons. The van der Waals surface area contributed by atoms with Gasteiger partial charge in [-0.15, -0.1) is 11.3 Å². The van der Waals surface area contributed by atoms with Gasteiger partial charge in [-0.3, -0.25) is 11.3 Å². The number of hydrazine groups is 1. The summed E-state index contributed by atoms with van der Waals surface area (Å²) in [6, 6.07) is 6.86. The van der Waals surface area contributed by atoms with Crippen molar-refractivity contribution in [3.8, 4) is 0 Å². The van der Waals surface area contributed by atoms with Crippen LogP contribution in [0.25, 0.3) is 0 Å². The van der Waals surface area contributed by atoms with Crippen molar-refractivity contribution < 1.29 is 4.39 Å². The monoisotopic (exact) mass is 406 g/mol. The third-order valence-electron chi connectivity index (χ3n) is 2.99. The predicted molar refractivity (Wildman–Crippen MR) is 84.6 cm³/mol. The van der Waals surface area contributed by atoms with E-state index in [2.05, 4.69) is 37.3 Å². The number of hydrogen-bond acceptors (Lipinski definition) is 3. The van der Waals surface area contributed by atoms with Gasteiger partial charge in [0.1, 0.15) is 5.82 Å². The van der Waals surface area contributed by atoms with E-state index in [0.29, 0.717) is 6.42 Å². The highest BCUT2D eigenvalue weighted by atomic mass is 79.9. The summed E-state index contributed by atoms with van der Waals surface area (Å²) in [5.74, 6) is 5.44. The van der Waals surface area contributed by atoms with E-state index in [1.54, 1.807) is 17.4 Å². The van der Waals surface area contributed by atoms with Gasteiger partial charge in [0.2, 0.25) is 0 Å². The Morgan fingerprint density at radius 3 is 2.63 bits per heavy atom. The zero-order chi connectivity index (χ0) is 14.0. The molecule has 1 atom stereocenters. The maximum absolute atomic E-state index is 13.1. The van der Waals surface area contributed by atoms with E-state index in [0.717, 1.165) is 24.3 Å². The van der Waals surface area contributed by atoms with E-state index in [9.17, 15) is 4.39 Å². The summed E-state index contributed by atoms with van der Waals surface area (Å²) in [4.78, 5) is 0. The molecule has 0 saturated carbocycles. The Balaban J connectivity index is 2.26. The minimum absolute atomic E-state index is 0.0129. The van der Waals surface area contributed by atoms with Crippen molar-refractivity contribution in [3.05, 3.63) is 54.3 Å². The third-order valence-corrected chi connectivity index (χ3v) is 5.37. The Morgan fingerprint density at radius 2 is 2.11 bits per heavy atom. The van der Waals surface area contributed by atoms with Gasteiger partial charge >= 0.3 is 0 Å². The number of hydrogen-bond donors (Lipinski definition) is 2. The van der Waals surface area contributed by atoms with Gasteiger partial charge in [0.15, 0.2) is 0 Å². The molecule has 19 heavy (non-hydrogen) atoms. The summed E-state index contributed by atoms with van der Waals surface area (Å²) < 4.78 is 15.2. The van der Waals surface area contributed by atoms with Gasteiger partial charge in [-0.1, -0.05) is 6.07 Å². The first kappa shape index (κ1) is 15.1. The summed E-state index contributed by atoms with van der Waals surface area (Å²) in [7, 11) is 0. The van der Waals surface area contributed by atoms with Crippen molar-refractivity contribution in [1.29, 1.82) is 0 Å². The number of halogens is 3. The first-order chi connectivity index (χ1) is 9.01. The standard InChI is InChI=1S/C13H13Br2FN2S/c1-7-4-9(16)3-2-8(7)5-11(18-17)10-6-12(14)19-13(10)15/h2-4,6,11,18H,5,17H2,1H3. The van der Waals surface area contributed by atoms with Gasteiger partial charge < -0.3 is 0 Å². The third kappa shape index (κ3) is 3.64. The fraction of sp³-hybridized carbons (Fsp3) is 0.231. The summed E-state index contributed by atoms with van der Waals surface area (Å²) in [5, 5.41) is 0. The average molecular weight is 408 g/mol. The molecule has 0 saturated heterocycles. The Morgan fingerprint density at radius 1 is 1.37 bits per heavy atom. The topological polar surface area (TPSA) is 38.0 Å². The van der Waals surface area contributed by atoms with E-state index in [4.69, 9.17) is 5.84 Å². The van der Waals surface area contributed by atoms with Crippen LogP contribution in [0.2, 0.25) is 0 Å². The molecule has 1 aromatic heterocycles. The molecule has 102 valence electrons. The molecule has 0 bridgehead atoms. The van der Waals surface area contributed by atoms with Crippen LogP contribution in [0.1, 0.15) is 22.7 Å². The fourth-order valence-corrected chi connectivity index (χ4v) is 4.93. The average Bonchev–Trinajstić information content (AvgIpc) is 2.68. The lowest BCUT2D eigenvalue weighted by Gasteiger charge is -2.17. The normalized spacial score (nSPS) is 12.7. The Kier molecular flexibility index (Phi) is 5.14. The zero-order valence-corrected chi connectivity index (χ0v) is 14.2. The van der Waals surface area contributed by atoms with Crippen LogP contribution in [0.3, 0.4) is 0 Å². The van der Waals surface area contributed by atoms with Crippen molar-refractivity contribution in [3.63, 3.8) is 0 Å². The number of nitrogens with one attached hydrogen (secondary N) is 1. The number of nitrogens with two attached hydrogens (primary N) is 1. The van der Waals surface area contributed by atoms with E-state index < -0.39 is 0 Å². The molecule has 0 aliphatic carbocycles. The molecule has 0 aliphatic heterocycles. The van der Waals surface area contributed by atoms with Gasteiger partial charge in [0, 0.05) is 0 Å². The van der Waals surface area contributed by atoms with E-state index in [1.165, 1.54) is 6.07 Å². The Bertz CT molecular complexity index is 586. The van der Waals surface area contributed by atoms with Crippen molar-refractivity contribution in [2.75, 3.05) is 0 Å². The number of benzene rings is 1. The second-order valence-corrected chi connectivity index (χ2v) is 8.02. The van der Waals surface area contributed by atoms with E-state index >= 15 is 0 Å². The van der Waals surface area contributed by atoms with Crippen LogP contribution in [0.4, 0.5) is 4.39 Å². The molecule has 0 fully saturated rings. The van der Waals surface area contributed by atoms with Crippen LogP contribution >= 0.6 is 43.2 Å². The summed E-state index contributed by atoms with van der Waals surface area (Å²) in [6.07, 6.45) is 0.713. The molecule has 1 aromatic carbocycles. The molecular weight excluding hydrogens is 395 g/mol. The highest BCUT2D eigenvalue weighted by Gasteiger charge is 2.17. The quantitative estimate of drug-likeness (QED) is 0.579. The molecule has 0 amide bonds. The molecule has 1 heterocycles. The van der Waals surface area contributed by atoms with Crippen molar-refractivity contribution in [2.45, 2.75) is 19.4 Å². The van der Waals surface area contributed by atoms with Crippen LogP contribution in [-0.2, 0) is 6.42 Å². The minimum Gasteiger partial charge on any atom is -0.271 e. The molecule has 3 N–H and O–H groups in total. The Labute approximate surface area is 132 Å². The van der Waals surface area contributed by atoms with Crippen LogP contribution in [0, 0.1) is 12.7 Å². The van der Waals surface area contributed by atoms with Crippen molar-refractivity contribution in [1.82, 2.24) is 5.43 Å². The lowest BCUT2D eigenvalue weighted by Crippen LogP contribution is -2.29. The number of aryl methyl sites for hydroxylation is 1. The molecule has 0 aliphatic rings. The van der Waals surface area contributed by atoms with Crippen LogP contribution in [-0.4, -0.2) is 0 Å². The number of rotatable bonds is 4. The molecule has 2 nitrogen and oxygen atoms in total. The maximum Gasteiger partial charge on any atom is 0.123 e. The molecule has 1 unspecified atom stereocenters. The van der Waals surface area contributed by atoms with Gasteiger partial charge in [0.05, 0.1) is 13.6 Å². The van der Waals surface area contributed by atoms with E-state index in [-0.39, 0.29) is 11.9 Å². The van der Waals surface area contributed by atoms with Crippen molar-refractivity contribution in [2.24, 2.45) is 5.84 Å². The SMILES string of the molecule is Cc1cc(F)ccc1CC(NN)c1cc(Br)sc1Br. The van der Waals surface area contributed by atoms with E-state index in [1.807, 2.05) is 19.1 Å². The minimum atomic E-state index is -0.210. The molecule has 2 rings (SSSR count). The first-order valence-electron chi connectivity index (χ1n) is 5.67. The molecule has 2 aromatic rings. The molecule has 0 spiro atoms.